The fraction of sp³-hybridized carbons (Fsp3) is 0.263. The van der Waals surface area contributed by atoms with Gasteiger partial charge in [0.1, 0.15) is 23.7 Å². The molecule has 26 heavy (non-hydrogen) atoms. The van der Waals surface area contributed by atoms with Crippen LogP contribution in [0.2, 0.25) is 5.02 Å². The molecule has 4 rings (SSSR count). The summed E-state index contributed by atoms with van der Waals surface area (Å²) in [6.45, 7) is 0.814. The smallest absolute Gasteiger partial charge is 0.270 e. The van der Waals surface area contributed by atoms with E-state index in [4.69, 9.17) is 16.3 Å². The molecule has 0 atom stereocenters. The molecule has 1 aliphatic rings. The quantitative estimate of drug-likeness (QED) is 0.584. The van der Waals surface area contributed by atoms with Gasteiger partial charge in [-0.05, 0) is 43.2 Å². The van der Waals surface area contributed by atoms with Crippen LogP contribution in [0, 0.1) is 0 Å². The van der Waals surface area contributed by atoms with Crippen LogP contribution >= 0.6 is 27.5 Å². The van der Waals surface area contributed by atoms with E-state index in [0.717, 1.165) is 28.8 Å². The minimum absolute atomic E-state index is 0.138. The number of aromatic nitrogens is 2. The SMILES string of the molecule is O=C(NCCOc1ccc(Br)cc1)c1c(C2CC2)nc2cc(Cl)ccn12. The van der Waals surface area contributed by atoms with Gasteiger partial charge in [-0.1, -0.05) is 27.5 Å². The number of ether oxygens (including phenoxy) is 1. The van der Waals surface area contributed by atoms with Gasteiger partial charge in [-0.2, -0.15) is 0 Å². The van der Waals surface area contributed by atoms with Gasteiger partial charge in [-0.3, -0.25) is 9.20 Å². The van der Waals surface area contributed by atoms with E-state index in [1.54, 1.807) is 18.3 Å². The maximum absolute atomic E-state index is 12.7. The van der Waals surface area contributed by atoms with Gasteiger partial charge < -0.3 is 10.1 Å². The summed E-state index contributed by atoms with van der Waals surface area (Å²) in [5.74, 6) is 1.00. The Labute approximate surface area is 164 Å². The molecular weight excluding hydrogens is 418 g/mol. The number of rotatable bonds is 6. The van der Waals surface area contributed by atoms with Crippen molar-refractivity contribution in [3.63, 3.8) is 0 Å². The topological polar surface area (TPSA) is 55.6 Å². The predicted molar refractivity (Wildman–Crippen MR) is 104 cm³/mol. The van der Waals surface area contributed by atoms with E-state index in [1.807, 2.05) is 28.7 Å². The summed E-state index contributed by atoms with van der Waals surface area (Å²) in [6.07, 6.45) is 3.94. The monoisotopic (exact) mass is 433 g/mol. The number of fused-ring (bicyclic) bond motifs is 1. The van der Waals surface area contributed by atoms with Crippen LogP contribution in [0.1, 0.15) is 34.9 Å². The van der Waals surface area contributed by atoms with Crippen LogP contribution in [0.3, 0.4) is 0 Å². The Morgan fingerprint density at radius 3 is 2.81 bits per heavy atom. The zero-order chi connectivity index (χ0) is 18.1. The molecule has 0 saturated heterocycles. The summed E-state index contributed by atoms with van der Waals surface area (Å²) >= 11 is 9.44. The lowest BCUT2D eigenvalue weighted by atomic mass is 10.2. The average molecular weight is 435 g/mol. The molecule has 1 saturated carbocycles. The van der Waals surface area contributed by atoms with E-state index < -0.39 is 0 Å². The highest BCUT2D eigenvalue weighted by Crippen LogP contribution is 2.41. The molecule has 0 radical (unpaired) electrons. The van der Waals surface area contributed by atoms with Crippen LogP contribution in [0.15, 0.2) is 47.1 Å². The molecule has 1 aliphatic carbocycles. The number of hydrogen-bond donors (Lipinski definition) is 1. The lowest BCUT2D eigenvalue weighted by molar-refractivity contribution is 0.0940. The predicted octanol–water partition coefficient (Wildman–Crippen LogP) is 4.44. The Balaban J connectivity index is 1.44. The van der Waals surface area contributed by atoms with Crippen molar-refractivity contribution in [2.24, 2.45) is 0 Å². The molecule has 0 spiro atoms. The van der Waals surface area contributed by atoms with Gasteiger partial charge in [0, 0.05) is 27.7 Å². The summed E-state index contributed by atoms with van der Waals surface area (Å²) in [5.41, 5.74) is 2.16. The molecule has 3 aromatic rings. The standard InChI is InChI=1S/C19H17BrClN3O2/c20-13-3-5-15(6-4-13)26-10-8-22-19(25)18-17(12-1-2-12)23-16-11-14(21)7-9-24(16)18/h3-7,9,11-12H,1-2,8,10H2,(H,22,25). The minimum atomic E-state index is -0.138. The Kier molecular flexibility index (Phi) is 4.87. The van der Waals surface area contributed by atoms with Crippen molar-refractivity contribution in [2.75, 3.05) is 13.2 Å². The number of hydrogen-bond acceptors (Lipinski definition) is 3. The fourth-order valence-electron chi connectivity index (χ4n) is 2.85. The maximum Gasteiger partial charge on any atom is 0.270 e. The molecule has 7 heteroatoms. The van der Waals surface area contributed by atoms with Crippen molar-refractivity contribution >= 4 is 39.1 Å². The number of carbonyl (C=O) groups excluding carboxylic acids is 1. The Bertz CT molecular complexity index is 951. The van der Waals surface area contributed by atoms with E-state index in [1.165, 1.54) is 0 Å². The molecule has 0 aliphatic heterocycles. The summed E-state index contributed by atoms with van der Waals surface area (Å²) in [5, 5.41) is 3.54. The number of halogens is 2. The molecule has 0 unspecified atom stereocenters. The summed E-state index contributed by atoms with van der Waals surface area (Å²) in [7, 11) is 0. The van der Waals surface area contributed by atoms with Gasteiger partial charge in [0.05, 0.1) is 12.2 Å². The molecule has 5 nitrogen and oxygen atoms in total. The first kappa shape index (κ1) is 17.4. The molecule has 0 bridgehead atoms. The zero-order valence-electron chi connectivity index (χ0n) is 13.9. The Morgan fingerprint density at radius 1 is 1.31 bits per heavy atom. The van der Waals surface area contributed by atoms with Crippen molar-refractivity contribution in [2.45, 2.75) is 18.8 Å². The highest BCUT2D eigenvalue weighted by atomic mass is 79.9. The van der Waals surface area contributed by atoms with E-state index in [0.29, 0.717) is 35.4 Å². The Hall–Kier alpha value is -2.05. The fourth-order valence-corrected chi connectivity index (χ4v) is 3.27. The summed E-state index contributed by atoms with van der Waals surface area (Å²) in [6, 6.07) is 11.1. The number of carbonyl (C=O) groups is 1. The van der Waals surface area contributed by atoms with E-state index in [2.05, 4.69) is 26.2 Å². The minimum Gasteiger partial charge on any atom is -0.492 e. The van der Waals surface area contributed by atoms with Gasteiger partial charge in [-0.15, -0.1) is 0 Å². The van der Waals surface area contributed by atoms with Gasteiger partial charge >= 0.3 is 0 Å². The summed E-state index contributed by atoms with van der Waals surface area (Å²) in [4.78, 5) is 17.4. The number of pyridine rings is 1. The third-order valence-corrected chi connectivity index (χ3v) is 5.03. The van der Waals surface area contributed by atoms with Crippen LogP contribution in [0.5, 0.6) is 5.75 Å². The molecular formula is C19H17BrClN3O2. The lowest BCUT2D eigenvalue weighted by Crippen LogP contribution is -2.29. The van der Waals surface area contributed by atoms with E-state index in [9.17, 15) is 4.79 Å². The number of nitrogens with zero attached hydrogens (tertiary/aromatic N) is 2. The number of imidazole rings is 1. The van der Waals surface area contributed by atoms with Crippen LogP contribution in [0.4, 0.5) is 0 Å². The van der Waals surface area contributed by atoms with Crippen LogP contribution < -0.4 is 10.1 Å². The van der Waals surface area contributed by atoms with Crippen LogP contribution in [-0.2, 0) is 0 Å². The largest absolute Gasteiger partial charge is 0.492 e. The lowest BCUT2D eigenvalue weighted by Gasteiger charge is -2.09. The molecule has 2 aromatic heterocycles. The maximum atomic E-state index is 12.7. The number of benzene rings is 1. The first-order valence-corrected chi connectivity index (χ1v) is 9.63. The second kappa shape index (κ2) is 7.29. The third kappa shape index (κ3) is 3.71. The van der Waals surface area contributed by atoms with E-state index >= 15 is 0 Å². The van der Waals surface area contributed by atoms with Crippen molar-refractivity contribution in [1.29, 1.82) is 0 Å². The second-order valence-electron chi connectivity index (χ2n) is 6.25. The van der Waals surface area contributed by atoms with Crippen LogP contribution in [0.25, 0.3) is 5.65 Å². The third-order valence-electron chi connectivity index (χ3n) is 4.26. The molecule has 1 N–H and O–H groups in total. The van der Waals surface area contributed by atoms with Crippen molar-refractivity contribution in [3.8, 4) is 5.75 Å². The van der Waals surface area contributed by atoms with Crippen molar-refractivity contribution in [3.05, 3.63) is 63.5 Å². The average Bonchev–Trinajstić information content (AvgIpc) is 3.40. The highest BCUT2D eigenvalue weighted by Gasteiger charge is 2.32. The van der Waals surface area contributed by atoms with Gasteiger partial charge in [-0.25, -0.2) is 4.98 Å². The van der Waals surface area contributed by atoms with Crippen molar-refractivity contribution < 1.29 is 9.53 Å². The molecule has 2 heterocycles. The first-order chi connectivity index (χ1) is 12.6. The Morgan fingerprint density at radius 2 is 2.08 bits per heavy atom. The number of nitrogens with one attached hydrogen (secondary N) is 1. The highest BCUT2D eigenvalue weighted by molar-refractivity contribution is 9.10. The van der Waals surface area contributed by atoms with Gasteiger partial charge in [0.2, 0.25) is 0 Å². The molecule has 1 fully saturated rings. The van der Waals surface area contributed by atoms with Crippen LogP contribution in [-0.4, -0.2) is 28.4 Å². The van der Waals surface area contributed by atoms with Crippen molar-refractivity contribution in [1.82, 2.24) is 14.7 Å². The summed E-state index contributed by atoms with van der Waals surface area (Å²) < 4.78 is 8.46. The number of amides is 1. The zero-order valence-corrected chi connectivity index (χ0v) is 16.3. The normalized spacial score (nSPS) is 13.8. The molecule has 1 amide bonds. The molecule has 1 aromatic carbocycles. The van der Waals surface area contributed by atoms with Gasteiger partial charge in [0.25, 0.3) is 5.91 Å². The first-order valence-electron chi connectivity index (χ1n) is 8.46. The molecule has 134 valence electrons. The van der Waals surface area contributed by atoms with E-state index in [-0.39, 0.29) is 5.91 Å². The van der Waals surface area contributed by atoms with Gasteiger partial charge in [0.15, 0.2) is 0 Å². The second-order valence-corrected chi connectivity index (χ2v) is 7.60.